The van der Waals surface area contributed by atoms with Gasteiger partial charge in [0.15, 0.2) is 5.16 Å². The Labute approximate surface area is 124 Å². The molecule has 2 heterocycles. The molecule has 0 aliphatic carbocycles. The second-order valence-corrected chi connectivity index (χ2v) is 6.18. The molecule has 0 fully saturated rings. The molecule has 1 atom stereocenters. The van der Waals surface area contributed by atoms with Crippen LogP contribution < -0.4 is 0 Å². The highest BCUT2D eigenvalue weighted by Crippen LogP contribution is 2.28. The third-order valence-electron chi connectivity index (χ3n) is 3.42. The molecular weight excluding hydrogens is 274 g/mol. The molecule has 0 radical (unpaired) electrons. The number of carbonyl (C=O) groups excluding carboxylic acids is 1. The van der Waals surface area contributed by atoms with Crippen molar-refractivity contribution in [3.63, 3.8) is 0 Å². The van der Waals surface area contributed by atoms with E-state index < -0.39 is 0 Å². The number of esters is 1. The van der Waals surface area contributed by atoms with Gasteiger partial charge in [-0.1, -0.05) is 31.5 Å². The summed E-state index contributed by atoms with van der Waals surface area (Å²) in [5.41, 5.74) is 0. The second-order valence-electron chi connectivity index (χ2n) is 5.01. The van der Waals surface area contributed by atoms with Gasteiger partial charge in [-0.05, 0) is 26.2 Å². The van der Waals surface area contributed by atoms with E-state index in [9.17, 15) is 4.79 Å². The van der Waals surface area contributed by atoms with Crippen LogP contribution in [0, 0.1) is 0 Å². The van der Waals surface area contributed by atoms with Crippen molar-refractivity contribution >= 4 is 17.7 Å². The quantitative estimate of drug-likeness (QED) is 0.597. The normalized spacial score (nSPS) is 16.3. The summed E-state index contributed by atoms with van der Waals surface area (Å²) in [5.74, 6) is 0.925. The minimum Gasteiger partial charge on any atom is -0.465 e. The molecule has 0 saturated carbocycles. The van der Waals surface area contributed by atoms with Gasteiger partial charge in [-0.25, -0.2) is 0 Å². The van der Waals surface area contributed by atoms with Crippen LogP contribution in [0.2, 0.25) is 0 Å². The zero-order valence-corrected chi connectivity index (χ0v) is 13.1. The lowest BCUT2D eigenvalue weighted by molar-refractivity contribution is -0.142. The van der Waals surface area contributed by atoms with E-state index >= 15 is 0 Å². The van der Waals surface area contributed by atoms with Crippen molar-refractivity contribution in [2.24, 2.45) is 0 Å². The molecule has 0 aromatic carbocycles. The number of thioether (sulfide) groups is 1. The molecule has 6 heteroatoms. The largest absolute Gasteiger partial charge is 0.465 e. The van der Waals surface area contributed by atoms with E-state index in [1.54, 1.807) is 0 Å². The van der Waals surface area contributed by atoms with Crippen LogP contribution in [0.25, 0.3) is 0 Å². The van der Waals surface area contributed by atoms with Gasteiger partial charge < -0.3 is 9.30 Å². The van der Waals surface area contributed by atoms with Crippen LogP contribution >= 0.6 is 11.8 Å². The first-order chi connectivity index (χ1) is 9.76. The van der Waals surface area contributed by atoms with Crippen LogP contribution in [0.3, 0.4) is 0 Å². The van der Waals surface area contributed by atoms with E-state index in [0.717, 1.165) is 43.2 Å². The summed E-state index contributed by atoms with van der Waals surface area (Å²) in [7, 11) is 0. The predicted octanol–water partition coefficient (Wildman–Crippen LogP) is 2.83. The van der Waals surface area contributed by atoms with E-state index in [1.807, 2.05) is 6.92 Å². The number of hydrogen-bond acceptors (Lipinski definition) is 5. The van der Waals surface area contributed by atoms with Gasteiger partial charge in [0, 0.05) is 13.0 Å². The van der Waals surface area contributed by atoms with Crippen LogP contribution in [0.15, 0.2) is 5.16 Å². The first-order valence-corrected chi connectivity index (χ1v) is 8.39. The lowest BCUT2D eigenvalue weighted by Gasteiger charge is -2.14. The smallest absolute Gasteiger partial charge is 0.319 e. The zero-order chi connectivity index (χ0) is 14.4. The molecule has 0 N–H and O–H groups in total. The minimum atomic E-state index is -0.170. The average Bonchev–Trinajstić information content (AvgIpc) is 2.67. The van der Waals surface area contributed by atoms with Crippen LogP contribution in [0.5, 0.6) is 0 Å². The molecule has 0 spiro atoms. The van der Waals surface area contributed by atoms with Gasteiger partial charge in [0.2, 0.25) is 0 Å². The van der Waals surface area contributed by atoms with E-state index in [4.69, 9.17) is 4.74 Å². The van der Waals surface area contributed by atoms with Gasteiger partial charge in [-0.15, -0.1) is 10.2 Å². The molecule has 5 nitrogen and oxygen atoms in total. The van der Waals surface area contributed by atoms with Crippen LogP contribution in [0.4, 0.5) is 0 Å². The molecule has 1 aliphatic rings. The summed E-state index contributed by atoms with van der Waals surface area (Å²) in [5, 5.41) is 9.25. The summed E-state index contributed by atoms with van der Waals surface area (Å²) in [4.78, 5) is 12.0. The molecule has 1 aromatic heterocycles. The lowest BCUT2D eigenvalue weighted by Crippen LogP contribution is -2.21. The van der Waals surface area contributed by atoms with Crippen molar-refractivity contribution in [2.75, 3.05) is 6.61 Å². The Kier molecular flexibility index (Phi) is 5.88. The minimum absolute atomic E-state index is 0.134. The van der Waals surface area contributed by atoms with E-state index in [-0.39, 0.29) is 11.2 Å². The number of aryl methyl sites for hydroxylation is 1. The fourth-order valence-corrected chi connectivity index (χ4v) is 3.58. The maximum absolute atomic E-state index is 12.0. The molecule has 1 aromatic rings. The topological polar surface area (TPSA) is 57.0 Å². The number of nitrogens with zero attached hydrogens (tertiary/aromatic N) is 3. The van der Waals surface area contributed by atoms with Crippen molar-refractivity contribution in [2.45, 2.75) is 69.3 Å². The summed E-state index contributed by atoms with van der Waals surface area (Å²) in [6.07, 6.45) is 6.34. The number of hydrogen-bond donors (Lipinski definition) is 0. The number of aromatic nitrogens is 3. The van der Waals surface area contributed by atoms with E-state index in [0.29, 0.717) is 6.61 Å². The van der Waals surface area contributed by atoms with Gasteiger partial charge in [-0.3, -0.25) is 4.79 Å². The van der Waals surface area contributed by atoms with Gasteiger partial charge in [0.1, 0.15) is 11.1 Å². The number of ether oxygens (including phenoxy) is 1. The molecule has 0 amide bonds. The first-order valence-electron chi connectivity index (χ1n) is 7.51. The van der Waals surface area contributed by atoms with Crippen molar-refractivity contribution < 1.29 is 9.53 Å². The molecule has 1 aliphatic heterocycles. The fourth-order valence-electron chi connectivity index (χ4n) is 2.40. The zero-order valence-electron chi connectivity index (χ0n) is 12.3. The van der Waals surface area contributed by atoms with E-state index in [1.165, 1.54) is 24.6 Å². The molecule has 20 heavy (non-hydrogen) atoms. The molecular formula is C14H23N3O2S. The summed E-state index contributed by atoms with van der Waals surface area (Å²) >= 11 is 1.51. The standard InChI is InChI=1S/C14H23N3O2S/c1-3-8-11(13(18)19-4-2)20-14-16-15-12-9-6-5-7-10-17(12)14/h11H,3-10H2,1-2H3. The summed E-state index contributed by atoms with van der Waals surface area (Å²) < 4.78 is 7.34. The Morgan fingerprint density at radius 3 is 2.95 bits per heavy atom. The highest BCUT2D eigenvalue weighted by molar-refractivity contribution is 8.00. The van der Waals surface area contributed by atoms with Gasteiger partial charge >= 0.3 is 5.97 Å². The average molecular weight is 297 g/mol. The number of carbonyl (C=O) groups is 1. The second kappa shape index (κ2) is 7.67. The molecule has 0 saturated heterocycles. The summed E-state index contributed by atoms with van der Waals surface area (Å²) in [6.45, 7) is 5.32. The monoisotopic (exact) mass is 297 g/mol. The molecule has 1 unspecified atom stereocenters. The third kappa shape index (κ3) is 3.75. The van der Waals surface area contributed by atoms with Gasteiger partial charge in [-0.2, -0.15) is 0 Å². The van der Waals surface area contributed by atoms with Crippen LogP contribution in [-0.2, 0) is 22.5 Å². The maximum Gasteiger partial charge on any atom is 0.319 e. The predicted molar refractivity (Wildman–Crippen MR) is 78.8 cm³/mol. The van der Waals surface area contributed by atoms with Crippen molar-refractivity contribution in [3.05, 3.63) is 5.82 Å². The highest BCUT2D eigenvalue weighted by Gasteiger charge is 2.24. The van der Waals surface area contributed by atoms with Crippen molar-refractivity contribution in [3.8, 4) is 0 Å². The lowest BCUT2D eigenvalue weighted by atomic mass is 10.2. The Hall–Kier alpha value is -1.04. The van der Waals surface area contributed by atoms with Crippen molar-refractivity contribution in [1.82, 2.24) is 14.8 Å². The van der Waals surface area contributed by atoms with Gasteiger partial charge in [0.05, 0.1) is 6.61 Å². The summed E-state index contributed by atoms with van der Waals surface area (Å²) in [6, 6.07) is 0. The Bertz CT molecular complexity index is 448. The fraction of sp³-hybridized carbons (Fsp3) is 0.786. The Balaban J connectivity index is 2.10. The third-order valence-corrected chi connectivity index (χ3v) is 4.65. The van der Waals surface area contributed by atoms with Gasteiger partial charge in [0.25, 0.3) is 0 Å². The Morgan fingerprint density at radius 2 is 2.20 bits per heavy atom. The van der Waals surface area contributed by atoms with Crippen LogP contribution in [-0.4, -0.2) is 32.6 Å². The van der Waals surface area contributed by atoms with Crippen LogP contribution in [0.1, 0.15) is 51.8 Å². The van der Waals surface area contributed by atoms with Crippen molar-refractivity contribution in [1.29, 1.82) is 0 Å². The molecule has 112 valence electrons. The Morgan fingerprint density at radius 1 is 1.35 bits per heavy atom. The van der Waals surface area contributed by atoms with E-state index in [2.05, 4.69) is 21.7 Å². The number of rotatable bonds is 6. The maximum atomic E-state index is 12.0. The number of fused-ring (bicyclic) bond motifs is 1. The SMILES string of the molecule is CCCC(Sc1nnc2n1CCCCC2)C(=O)OCC. The first kappa shape index (κ1) is 15.4. The highest BCUT2D eigenvalue weighted by atomic mass is 32.2. The molecule has 0 bridgehead atoms. The molecule has 2 rings (SSSR count).